The van der Waals surface area contributed by atoms with Crippen LogP contribution in [0.5, 0.6) is 0 Å². The zero-order valence-electron chi connectivity index (χ0n) is 14.5. The van der Waals surface area contributed by atoms with Crippen LogP contribution in [0.1, 0.15) is 37.1 Å². The quantitative estimate of drug-likeness (QED) is 0.881. The van der Waals surface area contributed by atoms with Gasteiger partial charge in [0.05, 0.1) is 16.3 Å². The Morgan fingerprint density at radius 1 is 1.40 bits per heavy atom. The molecule has 0 aliphatic carbocycles. The maximum Gasteiger partial charge on any atom is 0.231 e. The van der Waals surface area contributed by atoms with Gasteiger partial charge in [0, 0.05) is 29.9 Å². The Morgan fingerprint density at radius 2 is 2.16 bits per heavy atom. The molecule has 0 bridgehead atoms. The first-order chi connectivity index (χ1) is 11.8. The lowest BCUT2D eigenvalue weighted by atomic mass is 9.94. The van der Waals surface area contributed by atoms with Gasteiger partial charge in [-0.3, -0.25) is 14.7 Å². The number of aromatic nitrogens is 1. The molecule has 0 radical (unpaired) electrons. The van der Waals surface area contributed by atoms with E-state index in [1.807, 2.05) is 25.4 Å². The SMILES string of the molecule is CCCc1cncc(-c2cc(Cl)c([C@]3(C)CC(=O)N(C)C(N)=N3)s2)c1. The van der Waals surface area contributed by atoms with Crippen molar-refractivity contribution < 1.29 is 4.79 Å². The molecule has 0 unspecified atom stereocenters. The summed E-state index contributed by atoms with van der Waals surface area (Å²) >= 11 is 8.05. The van der Waals surface area contributed by atoms with Crippen LogP contribution in [0.2, 0.25) is 5.02 Å². The number of aliphatic imine (C=N–C) groups is 1. The van der Waals surface area contributed by atoms with E-state index in [1.165, 1.54) is 10.5 Å². The molecule has 1 aliphatic heterocycles. The predicted octanol–water partition coefficient (Wildman–Crippen LogP) is 3.81. The smallest absolute Gasteiger partial charge is 0.231 e. The van der Waals surface area contributed by atoms with Crippen molar-refractivity contribution in [3.8, 4) is 10.4 Å². The van der Waals surface area contributed by atoms with Crippen LogP contribution in [0.15, 0.2) is 29.5 Å². The largest absolute Gasteiger partial charge is 0.369 e. The molecule has 2 aromatic heterocycles. The van der Waals surface area contributed by atoms with Gasteiger partial charge in [0.15, 0.2) is 5.96 Å². The van der Waals surface area contributed by atoms with E-state index in [9.17, 15) is 4.79 Å². The average Bonchev–Trinajstić information content (AvgIpc) is 2.96. The lowest BCUT2D eigenvalue weighted by Crippen LogP contribution is -2.47. The summed E-state index contributed by atoms with van der Waals surface area (Å²) in [5, 5.41) is 0.609. The number of pyridine rings is 1. The highest BCUT2D eigenvalue weighted by Gasteiger charge is 2.39. The second kappa shape index (κ2) is 6.77. The van der Waals surface area contributed by atoms with Crippen LogP contribution in [-0.4, -0.2) is 28.8 Å². The molecule has 25 heavy (non-hydrogen) atoms. The number of aryl methyl sites for hydroxylation is 1. The monoisotopic (exact) mass is 376 g/mol. The van der Waals surface area contributed by atoms with Gasteiger partial charge >= 0.3 is 0 Å². The Morgan fingerprint density at radius 3 is 2.84 bits per heavy atom. The molecule has 1 aliphatic rings. The first kappa shape index (κ1) is 17.9. The minimum absolute atomic E-state index is 0.0624. The molecule has 0 aromatic carbocycles. The molecule has 0 saturated carbocycles. The van der Waals surface area contributed by atoms with E-state index >= 15 is 0 Å². The second-order valence-electron chi connectivity index (χ2n) is 6.49. The third-order valence-corrected chi connectivity index (χ3v) is 6.22. The van der Waals surface area contributed by atoms with Crippen molar-refractivity contribution in [2.45, 2.75) is 38.6 Å². The Hall–Kier alpha value is -1.92. The molecule has 132 valence electrons. The fourth-order valence-electron chi connectivity index (χ4n) is 2.97. The van der Waals surface area contributed by atoms with Crippen LogP contribution in [-0.2, 0) is 16.8 Å². The van der Waals surface area contributed by atoms with Crippen molar-refractivity contribution in [1.29, 1.82) is 0 Å². The molecule has 5 nitrogen and oxygen atoms in total. The fraction of sp³-hybridized carbons (Fsp3) is 0.389. The number of nitrogens with two attached hydrogens (primary N) is 1. The Bertz CT molecular complexity index is 847. The molecule has 2 aromatic rings. The molecular formula is C18H21ClN4OS. The summed E-state index contributed by atoms with van der Waals surface area (Å²) in [6, 6.07) is 4.07. The number of hydrogen-bond donors (Lipinski definition) is 1. The van der Waals surface area contributed by atoms with Crippen molar-refractivity contribution in [2.75, 3.05) is 7.05 Å². The van der Waals surface area contributed by atoms with Gasteiger partial charge in [0.25, 0.3) is 0 Å². The summed E-state index contributed by atoms with van der Waals surface area (Å²) in [5.41, 5.74) is 7.41. The molecule has 1 amide bonds. The highest BCUT2D eigenvalue weighted by Crippen LogP contribution is 2.44. The van der Waals surface area contributed by atoms with Crippen molar-refractivity contribution in [2.24, 2.45) is 10.7 Å². The Balaban J connectivity index is 2.01. The zero-order valence-corrected chi connectivity index (χ0v) is 16.1. The van der Waals surface area contributed by atoms with E-state index in [1.54, 1.807) is 18.4 Å². The minimum atomic E-state index is -0.734. The van der Waals surface area contributed by atoms with Crippen molar-refractivity contribution in [3.63, 3.8) is 0 Å². The van der Waals surface area contributed by atoms with Crippen molar-refractivity contribution in [1.82, 2.24) is 9.88 Å². The first-order valence-corrected chi connectivity index (χ1v) is 9.39. The molecule has 3 rings (SSSR count). The third-order valence-electron chi connectivity index (χ3n) is 4.37. The standard InChI is InChI=1S/C18H21ClN4OS/c1-4-5-11-6-12(10-21-9-11)14-7-13(19)16(25-14)18(2)8-15(24)23(3)17(20)22-18/h6-7,9-10H,4-5,8H2,1-3H3,(H2,20,22)/t18-/m0/s1. The third kappa shape index (κ3) is 3.41. The van der Waals surface area contributed by atoms with Gasteiger partial charge in [-0.1, -0.05) is 24.9 Å². The lowest BCUT2D eigenvalue weighted by Gasteiger charge is -2.32. The van der Waals surface area contributed by atoms with Crippen molar-refractivity contribution >= 4 is 34.8 Å². The van der Waals surface area contributed by atoms with Gasteiger partial charge in [-0.2, -0.15) is 0 Å². The average molecular weight is 377 g/mol. The second-order valence-corrected chi connectivity index (χ2v) is 7.95. The summed E-state index contributed by atoms with van der Waals surface area (Å²) in [6.07, 6.45) is 6.05. The predicted molar refractivity (Wildman–Crippen MR) is 103 cm³/mol. The van der Waals surface area contributed by atoms with E-state index in [-0.39, 0.29) is 18.3 Å². The van der Waals surface area contributed by atoms with Crippen LogP contribution >= 0.6 is 22.9 Å². The molecule has 0 spiro atoms. The summed E-state index contributed by atoms with van der Waals surface area (Å²) in [5.74, 6) is 0.156. The van der Waals surface area contributed by atoms with E-state index in [2.05, 4.69) is 23.0 Å². The van der Waals surface area contributed by atoms with E-state index in [0.29, 0.717) is 5.02 Å². The number of thiophene rings is 1. The number of carbonyl (C=O) groups excluding carboxylic acids is 1. The summed E-state index contributed by atoms with van der Waals surface area (Å²) in [7, 11) is 1.63. The van der Waals surface area contributed by atoms with Crippen LogP contribution in [0.3, 0.4) is 0 Å². The number of amides is 1. The number of halogens is 1. The Kier molecular flexibility index (Phi) is 4.84. The molecule has 2 N–H and O–H groups in total. The van der Waals surface area contributed by atoms with Crippen molar-refractivity contribution in [3.05, 3.63) is 40.0 Å². The molecule has 0 fully saturated rings. The zero-order chi connectivity index (χ0) is 18.2. The van der Waals surface area contributed by atoms with Crippen LogP contribution in [0, 0.1) is 0 Å². The van der Waals surface area contributed by atoms with E-state index in [0.717, 1.165) is 28.2 Å². The molecular weight excluding hydrogens is 356 g/mol. The number of rotatable bonds is 4. The molecule has 7 heteroatoms. The summed E-state index contributed by atoms with van der Waals surface area (Å²) < 4.78 is 0. The van der Waals surface area contributed by atoms with E-state index in [4.69, 9.17) is 17.3 Å². The Labute approximate surface area is 156 Å². The van der Waals surface area contributed by atoms with Gasteiger partial charge in [0.2, 0.25) is 5.91 Å². The van der Waals surface area contributed by atoms with E-state index < -0.39 is 5.54 Å². The van der Waals surface area contributed by atoms with Crippen LogP contribution in [0.4, 0.5) is 0 Å². The maximum atomic E-state index is 12.2. The van der Waals surface area contributed by atoms with Gasteiger partial charge in [-0.05, 0) is 31.0 Å². The van der Waals surface area contributed by atoms with Gasteiger partial charge in [0.1, 0.15) is 5.54 Å². The maximum absolute atomic E-state index is 12.2. The highest BCUT2D eigenvalue weighted by atomic mass is 35.5. The molecule has 1 atom stereocenters. The fourth-order valence-corrected chi connectivity index (χ4v) is 4.58. The van der Waals surface area contributed by atoms with Crippen LogP contribution < -0.4 is 5.73 Å². The number of nitrogens with zero attached hydrogens (tertiary/aromatic N) is 3. The molecule has 0 saturated heterocycles. The number of hydrogen-bond acceptors (Lipinski definition) is 5. The normalized spacial score (nSPS) is 20.7. The highest BCUT2D eigenvalue weighted by molar-refractivity contribution is 7.16. The molecule has 3 heterocycles. The lowest BCUT2D eigenvalue weighted by molar-refractivity contribution is -0.128. The summed E-state index contributed by atoms with van der Waals surface area (Å²) in [4.78, 5) is 24.3. The number of guanidine groups is 1. The van der Waals surface area contributed by atoms with Gasteiger partial charge in [-0.15, -0.1) is 11.3 Å². The summed E-state index contributed by atoms with van der Waals surface area (Å²) in [6.45, 7) is 4.05. The van der Waals surface area contributed by atoms with Gasteiger partial charge in [-0.25, -0.2) is 4.99 Å². The minimum Gasteiger partial charge on any atom is -0.369 e. The first-order valence-electron chi connectivity index (χ1n) is 8.20. The van der Waals surface area contributed by atoms with Gasteiger partial charge < -0.3 is 5.73 Å². The van der Waals surface area contributed by atoms with Crippen LogP contribution in [0.25, 0.3) is 10.4 Å². The number of carbonyl (C=O) groups is 1. The topological polar surface area (TPSA) is 71.6 Å².